The summed E-state index contributed by atoms with van der Waals surface area (Å²) < 4.78 is 40.7. The van der Waals surface area contributed by atoms with Gasteiger partial charge in [-0.1, -0.05) is 23.2 Å². The second-order valence-electron chi connectivity index (χ2n) is 8.09. The molecule has 1 aliphatic carbocycles. The van der Waals surface area contributed by atoms with Crippen LogP contribution >= 0.6 is 23.2 Å². The molecule has 11 heteroatoms. The van der Waals surface area contributed by atoms with Crippen molar-refractivity contribution in [1.82, 2.24) is 14.1 Å². The van der Waals surface area contributed by atoms with Gasteiger partial charge in [0.25, 0.3) is 0 Å². The molecule has 1 aromatic heterocycles. The monoisotopic (exact) mass is 537 g/mol. The maximum atomic E-state index is 13.5. The number of carbonyl (C=O) groups is 1. The van der Waals surface area contributed by atoms with Crippen molar-refractivity contribution in [3.63, 3.8) is 0 Å². The highest BCUT2D eigenvalue weighted by Gasteiger charge is 2.34. The fraction of sp³-hybridized carbons (Fsp3) is 0.333. The van der Waals surface area contributed by atoms with Crippen LogP contribution < -0.4 is 4.74 Å². The number of carbonyl (C=O) groups excluding carboxylic acids is 1. The molecule has 4 rings (SSSR count). The summed E-state index contributed by atoms with van der Waals surface area (Å²) in [5, 5.41) is 5.07. The smallest absolute Gasteiger partial charge is 0.327 e. The molecule has 0 radical (unpaired) electrons. The maximum Gasteiger partial charge on any atom is 0.327 e. The third-order valence-corrected chi connectivity index (χ3v) is 8.29. The summed E-state index contributed by atoms with van der Waals surface area (Å²) >= 11 is 12.3. The Balaban J connectivity index is 1.56. The lowest BCUT2D eigenvalue weighted by atomic mass is 9.93. The van der Waals surface area contributed by atoms with Gasteiger partial charge in [0, 0.05) is 23.3 Å². The summed E-state index contributed by atoms with van der Waals surface area (Å²) in [7, 11) is -2.33. The molecule has 0 spiro atoms. The molecule has 1 aliphatic rings. The van der Waals surface area contributed by atoms with E-state index in [-0.39, 0.29) is 29.0 Å². The number of hydrogen-bond acceptors (Lipinski definition) is 6. The van der Waals surface area contributed by atoms with E-state index in [1.54, 1.807) is 49.1 Å². The SMILES string of the molecule is CCOC(=O)Cn1ncc2c1CCC[C@H]2N(C)S(=O)(=O)c1ccc(Oc2ccc(Cl)cc2)c(Cl)c1. The van der Waals surface area contributed by atoms with Crippen LogP contribution in [0, 0.1) is 0 Å². The van der Waals surface area contributed by atoms with Crippen LogP contribution in [0.3, 0.4) is 0 Å². The quantitative estimate of drug-likeness (QED) is 0.364. The van der Waals surface area contributed by atoms with Crippen LogP contribution in [0.15, 0.2) is 53.6 Å². The Morgan fingerprint density at radius 2 is 1.94 bits per heavy atom. The molecule has 1 heterocycles. The average Bonchev–Trinajstić information content (AvgIpc) is 3.24. The van der Waals surface area contributed by atoms with Crippen LogP contribution in [0.25, 0.3) is 0 Å². The van der Waals surface area contributed by atoms with Crippen molar-refractivity contribution in [3.8, 4) is 11.5 Å². The van der Waals surface area contributed by atoms with Crippen molar-refractivity contribution in [1.29, 1.82) is 0 Å². The first-order chi connectivity index (χ1) is 16.7. The normalized spacial score (nSPS) is 15.6. The Morgan fingerprint density at radius 1 is 1.20 bits per heavy atom. The third kappa shape index (κ3) is 5.48. The Labute approximate surface area is 214 Å². The molecular weight excluding hydrogens is 513 g/mol. The first kappa shape index (κ1) is 25.5. The average molecular weight is 538 g/mol. The van der Waals surface area contributed by atoms with Crippen LogP contribution in [-0.4, -0.2) is 42.1 Å². The van der Waals surface area contributed by atoms with E-state index < -0.39 is 16.1 Å². The lowest BCUT2D eigenvalue weighted by molar-refractivity contribution is -0.144. The molecule has 0 saturated heterocycles. The standard InChI is InChI=1S/C24H25Cl2N3O5S/c1-3-33-24(30)15-29-22-6-4-5-21(19(22)14-27-29)28(2)35(31,32)18-11-12-23(20(26)13-18)34-17-9-7-16(25)8-10-17/h7-14,21H,3-6,15H2,1-2H3/t21-/m1/s1. The molecule has 186 valence electrons. The van der Waals surface area contributed by atoms with E-state index in [2.05, 4.69) is 5.10 Å². The highest BCUT2D eigenvalue weighted by Crippen LogP contribution is 2.38. The zero-order valence-corrected chi connectivity index (χ0v) is 21.6. The van der Waals surface area contributed by atoms with E-state index in [1.807, 2.05) is 0 Å². The molecule has 8 nitrogen and oxygen atoms in total. The number of halogens is 2. The number of hydrogen-bond donors (Lipinski definition) is 0. The minimum absolute atomic E-state index is 0.00293. The van der Waals surface area contributed by atoms with E-state index in [0.717, 1.165) is 17.7 Å². The van der Waals surface area contributed by atoms with Gasteiger partial charge < -0.3 is 9.47 Å². The van der Waals surface area contributed by atoms with Crippen LogP contribution in [0.4, 0.5) is 0 Å². The number of benzene rings is 2. The summed E-state index contributed by atoms with van der Waals surface area (Å²) in [5.74, 6) is 0.478. The molecule has 3 aromatic rings. The van der Waals surface area contributed by atoms with Crippen molar-refractivity contribution in [2.45, 2.75) is 43.7 Å². The summed E-state index contributed by atoms with van der Waals surface area (Å²) in [6.07, 6.45) is 3.75. The van der Waals surface area contributed by atoms with Gasteiger partial charge >= 0.3 is 5.97 Å². The fourth-order valence-electron chi connectivity index (χ4n) is 4.13. The molecule has 0 aliphatic heterocycles. The van der Waals surface area contributed by atoms with E-state index in [1.165, 1.54) is 22.5 Å². The molecule has 0 amide bonds. The van der Waals surface area contributed by atoms with Crippen molar-refractivity contribution in [2.75, 3.05) is 13.7 Å². The molecule has 0 bridgehead atoms. The Morgan fingerprint density at radius 3 is 2.63 bits per heavy atom. The van der Waals surface area contributed by atoms with Gasteiger partial charge in [0.1, 0.15) is 18.0 Å². The number of esters is 1. The molecule has 0 fully saturated rings. The van der Waals surface area contributed by atoms with E-state index in [4.69, 9.17) is 32.7 Å². The van der Waals surface area contributed by atoms with E-state index >= 15 is 0 Å². The van der Waals surface area contributed by atoms with Crippen LogP contribution in [-0.2, 0) is 32.5 Å². The number of sulfonamides is 1. The molecule has 2 aromatic carbocycles. The van der Waals surface area contributed by atoms with Gasteiger partial charge in [-0.2, -0.15) is 9.40 Å². The first-order valence-corrected chi connectivity index (χ1v) is 13.3. The van der Waals surface area contributed by atoms with Crippen molar-refractivity contribution >= 4 is 39.2 Å². The lowest BCUT2D eigenvalue weighted by Gasteiger charge is -2.31. The molecule has 1 atom stereocenters. The van der Waals surface area contributed by atoms with Gasteiger partial charge in [-0.15, -0.1) is 0 Å². The maximum absolute atomic E-state index is 13.5. The number of fused-ring (bicyclic) bond motifs is 1. The van der Waals surface area contributed by atoms with Gasteiger partial charge in [-0.05, 0) is 68.7 Å². The number of rotatable bonds is 8. The summed E-state index contributed by atoms with van der Waals surface area (Å²) in [6, 6.07) is 10.7. The highest BCUT2D eigenvalue weighted by atomic mass is 35.5. The number of nitrogens with zero attached hydrogens (tertiary/aromatic N) is 3. The van der Waals surface area contributed by atoms with Crippen LogP contribution in [0.2, 0.25) is 10.0 Å². The zero-order valence-electron chi connectivity index (χ0n) is 19.3. The van der Waals surface area contributed by atoms with Crippen molar-refractivity contribution in [2.24, 2.45) is 0 Å². The molecule has 0 unspecified atom stereocenters. The van der Waals surface area contributed by atoms with Gasteiger partial charge in [-0.3, -0.25) is 9.48 Å². The zero-order chi connectivity index (χ0) is 25.2. The predicted molar refractivity (Wildman–Crippen MR) is 132 cm³/mol. The van der Waals surface area contributed by atoms with Gasteiger partial charge in [0.05, 0.1) is 28.8 Å². The molecule has 0 N–H and O–H groups in total. The van der Waals surface area contributed by atoms with E-state index in [9.17, 15) is 13.2 Å². The van der Waals surface area contributed by atoms with Crippen molar-refractivity contribution < 1.29 is 22.7 Å². The summed E-state index contributed by atoms with van der Waals surface area (Å²) in [5.41, 5.74) is 1.64. The minimum Gasteiger partial charge on any atom is -0.465 e. The second kappa shape index (κ2) is 10.6. The van der Waals surface area contributed by atoms with Crippen LogP contribution in [0.5, 0.6) is 11.5 Å². The summed E-state index contributed by atoms with van der Waals surface area (Å²) in [4.78, 5) is 12.0. The van der Waals surface area contributed by atoms with Gasteiger partial charge in [0.15, 0.2) is 0 Å². The molecule has 35 heavy (non-hydrogen) atoms. The lowest BCUT2D eigenvalue weighted by Crippen LogP contribution is -2.33. The van der Waals surface area contributed by atoms with E-state index in [0.29, 0.717) is 29.4 Å². The Kier molecular flexibility index (Phi) is 7.70. The van der Waals surface area contributed by atoms with Gasteiger partial charge in [0.2, 0.25) is 10.0 Å². The third-order valence-electron chi connectivity index (χ3n) is 5.88. The first-order valence-electron chi connectivity index (χ1n) is 11.1. The van der Waals surface area contributed by atoms with Crippen molar-refractivity contribution in [3.05, 3.63) is 70.0 Å². The Bertz CT molecular complexity index is 1330. The minimum atomic E-state index is -3.87. The predicted octanol–water partition coefficient (Wildman–Crippen LogP) is 5.24. The molecule has 0 saturated carbocycles. The highest BCUT2D eigenvalue weighted by molar-refractivity contribution is 7.89. The number of aromatic nitrogens is 2. The summed E-state index contributed by atoms with van der Waals surface area (Å²) in [6.45, 7) is 2.03. The van der Waals surface area contributed by atoms with Gasteiger partial charge in [-0.25, -0.2) is 8.42 Å². The largest absolute Gasteiger partial charge is 0.465 e. The Hall–Kier alpha value is -2.59. The second-order valence-corrected chi connectivity index (χ2v) is 10.9. The molecular formula is C24H25Cl2N3O5S. The topological polar surface area (TPSA) is 90.7 Å². The van der Waals surface area contributed by atoms with Crippen LogP contribution in [0.1, 0.15) is 37.1 Å². The number of ether oxygens (including phenoxy) is 2. The fourth-order valence-corrected chi connectivity index (χ4v) is 5.93.